The molecule has 0 N–H and O–H groups in total. The van der Waals surface area contributed by atoms with Crippen LogP contribution in [0.2, 0.25) is 0 Å². The van der Waals surface area contributed by atoms with Gasteiger partial charge < -0.3 is 9.47 Å². The molecule has 6 nitrogen and oxygen atoms in total. The molecule has 0 spiro atoms. The van der Waals surface area contributed by atoms with Crippen molar-refractivity contribution in [3.05, 3.63) is 47.5 Å². The van der Waals surface area contributed by atoms with Gasteiger partial charge in [0.1, 0.15) is 6.33 Å². The summed E-state index contributed by atoms with van der Waals surface area (Å²) in [7, 11) is 1.38. The van der Waals surface area contributed by atoms with Gasteiger partial charge in [0.05, 0.1) is 18.7 Å². The molecule has 22 heavy (non-hydrogen) atoms. The first-order chi connectivity index (χ1) is 10.8. The van der Waals surface area contributed by atoms with E-state index in [4.69, 9.17) is 4.74 Å². The Morgan fingerprint density at radius 1 is 1.32 bits per heavy atom. The van der Waals surface area contributed by atoms with Gasteiger partial charge in [0.2, 0.25) is 0 Å². The first kappa shape index (κ1) is 14.7. The molecule has 1 aromatic carbocycles. The van der Waals surface area contributed by atoms with Crippen molar-refractivity contribution >= 4 is 5.97 Å². The summed E-state index contributed by atoms with van der Waals surface area (Å²) in [5.74, 6) is 0.464. The summed E-state index contributed by atoms with van der Waals surface area (Å²) < 4.78 is 12.0. The van der Waals surface area contributed by atoms with Crippen molar-refractivity contribution < 1.29 is 14.3 Å². The lowest BCUT2D eigenvalue weighted by Gasteiger charge is -2.21. The SMILES string of the molecule is COC(=O)c1ccc(Cc2ncn(C3CCOCC3)n2)cc1. The monoisotopic (exact) mass is 301 g/mol. The Bertz CT molecular complexity index is 630. The van der Waals surface area contributed by atoms with Gasteiger partial charge in [-0.25, -0.2) is 14.5 Å². The number of benzene rings is 1. The van der Waals surface area contributed by atoms with Crippen molar-refractivity contribution in [1.82, 2.24) is 14.8 Å². The van der Waals surface area contributed by atoms with E-state index in [0.717, 1.165) is 37.4 Å². The van der Waals surface area contributed by atoms with Gasteiger partial charge in [0.15, 0.2) is 5.82 Å². The minimum atomic E-state index is -0.325. The van der Waals surface area contributed by atoms with Gasteiger partial charge in [-0.1, -0.05) is 12.1 Å². The van der Waals surface area contributed by atoms with Crippen LogP contribution in [0, 0.1) is 0 Å². The molecule has 0 atom stereocenters. The highest BCUT2D eigenvalue weighted by atomic mass is 16.5. The summed E-state index contributed by atoms with van der Waals surface area (Å²) in [6.45, 7) is 1.57. The van der Waals surface area contributed by atoms with Gasteiger partial charge in [0, 0.05) is 19.6 Å². The maximum atomic E-state index is 11.4. The molecule has 6 heteroatoms. The number of nitrogens with zero attached hydrogens (tertiary/aromatic N) is 3. The quantitative estimate of drug-likeness (QED) is 0.808. The number of hydrogen-bond donors (Lipinski definition) is 0. The summed E-state index contributed by atoms with van der Waals surface area (Å²) >= 11 is 0. The fourth-order valence-corrected chi connectivity index (χ4v) is 2.58. The van der Waals surface area contributed by atoms with Crippen LogP contribution >= 0.6 is 0 Å². The third-order valence-electron chi connectivity index (χ3n) is 3.86. The van der Waals surface area contributed by atoms with E-state index >= 15 is 0 Å². The third-order valence-corrected chi connectivity index (χ3v) is 3.86. The predicted octanol–water partition coefficient (Wildman–Crippen LogP) is 2.01. The van der Waals surface area contributed by atoms with Gasteiger partial charge in [-0.05, 0) is 30.5 Å². The minimum absolute atomic E-state index is 0.325. The minimum Gasteiger partial charge on any atom is -0.465 e. The molecule has 0 unspecified atom stereocenters. The molecule has 116 valence electrons. The number of esters is 1. The van der Waals surface area contributed by atoms with Gasteiger partial charge in [-0.3, -0.25) is 0 Å². The first-order valence-corrected chi connectivity index (χ1v) is 7.41. The van der Waals surface area contributed by atoms with Crippen molar-refractivity contribution in [3.8, 4) is 0 Å². The van der Waals surface area contributed by atoms with E-state index in [2.05, 4.69) is 14.8 Å². The topological polar surface area (TPSA) is 66.2 Å². The second-order valence-corrected chi connectivity index (χ2v) is 5.35. The molecule has 2 heterocycles. The van der Waals surface area contributed by atoms with E-state index < -0.39 is 0 Å². The van der Waals surface area contributed by atoms with Crippen LogP contribution < -0.4 is 0 Å². The molecule has 1 fully saturated rings. The van der Waals surface area contributed by atoms with Crippen molar-refractivity contribution in [3.63, 3.8) is 0 Å². The highest BCUT2D eigenvalue weighted by molar-refractivity contribution is 5.89. The Labute approximate surface area is 129 Å². The van der Waals surface area contributed by atoms with E-state index in [0.29, 0.717) is 18.0 Å². The first-order valence-electron chi connectivity index (χ1n) is 7.41. The standard InChI is InChI=1S/C16H19N3O3/c1-21-16(20)13-4-2-12(3-5-13)10-15-17-11-19(18-15)14-6-8-22-9-7-14/h2-5,11,14H,6-10H2,1H3. The molecule has 0 radical (unpaired) electrons. The van der Waals surface area contributed by atoms with E-state index in [-0.39, 0.29) is 5.97 Å². The molecule has 0 aliphatic carbocycles. The zero-order chi connectivity index (χ0) is 15.4. The Morgan fingerprint density at radius 2 is 2.05 bits per heavy atom. The number of carbonyl (C=O) groups excluding carboxylic acids is 1. The molecule has 1 aliphatic rings. The van der Waals surface area contributed by atoms with Crippen LogP contribution in [0.1, 0.15) is 40.6 Å². The Kier molecular flexibility index (Phi) is 4.48. The van der Waals surface area contributed by atoms with E-state index in [1.54, 1.807) is 18.5 Å². The number of ether oxygens (including phenoxy) is 2. The number of aromatic nitrogens is 3. The molecule has 1 aliphatic heterocycles. The Balaban J connectivity index is 1.65. The molecule has 1 aromatic heterocycles. The van der Waals surface area contributed by atoms with E-state index in [1.165, 1.54) is 7.11 Å². The van der Waals surface area contributed by atoms with Gasteiger partial charge in [-0.15, -0.1) is 0 Å². The fraction of sp³-hybridized carbons (Fsp3) is 0.438. The highest BCUT2D eigenvalue weighted by Crippen LogP contribution is 2.19. The van der Waals surface area contributed by atoms with Crippen LogP contribution in [0.5, 0.6) is 0 Å². The largest absolute Gasteiger partial charge is 0.465 e. The van der Waals surface area contributed by atoms with Crippen LogP contribution in [-0.4, -0.2) is 41.1 Å². The third kappa shape index (κ3) is 3.33. The fourth-order valence-electron chi connectivity index (χ4n) is 2.58. The van der Waals surface area contributed by atoms with Gasteiger partial charge in [0.25, 0.3) is 0 Å². The van der Waals surface area contributed by atoms with Crippen LogP contribution in [0.15, 0.2) is 30.6 Å². The number of hydrogen-bond acceptors (Lipinski definition) is 5. The van der Waals surface area contributed by atoms with Crippen LogP contribution in [0.4, 0.5) is 0 Å². The molecule has 3 rings (SSSR count). The molecule has 0 amide bonds. The zero-order valence-corrected chi connectivity index (χ0v) is 12.6. The second-order valence-electron chi connectivity index (χ2n) is 5.35. The normalized spacial score (nSPS) is 15.7. The molecular weight excluding hydrogens is 282 g/mol. The average molecular weight is 301 g/mol. The summed E-state index contributed by atoms with van der Waals surface area (Å²) in [5, 5.41) is 4.56. The maximum absolute atomic E-state index is 11.4. The van der Waals surface area contributed by atoms with Crippen molar-refractivity contribution in [2.75, 3.05) is 20.3 Å². The van der Waals surface area contributed by atoms with Crippen molar-refractivity contribution in [2.45, 2.75) is 25.3 Å². The lowest BCUT2D eigenvalue weighted by atomic mass is 10.1. The average Bonchev–Trinajstić information content (AvgIpc) is 3.04. The predicted molar refractivity (Wildman–Crippen MR) is 79.7 cm³/mol. The molecule has 1 saturated heterocycles. The summed E-state index contributed by atoms with van der Waals surface area (Å²) in [6, 6.07) is 7.72. The maximum Gasteiger partial charge on any atom is 0.337 e. The molecule has 0 bridgehead atoms. The Morgan fingerprint density at radius 3 is 2.73 bits per heavy atom. The zero-order valence-electron chi connectivity index (χ0n) is 12.6. The highest BCUT2D eigenvalue weighted by Gasteiger charge is 2.17. The van der Waals surface area contributed by atoms with Gasteiger partial charge in [-0.2, -0.15) is 5.10 Å². The number of carbonyl (C=O) groups is 1. The summed E-state index contributed by atoms with van der Waals surface area (Å²) in [5.41, 5.74) is 1.62. The second kappa shape index (κ2) is 6.70. The molecular formula is C16H19N3O3. The smallest absolute Gasteiger partial charge is 0.337 e. The van der Waals surface area contributed by atoms with E-state index in [9.17, 15) is 4.79 Å². The van der Waals surface area contributed by atoms with Crippen molar-refractivity contribution in [2.24, 2.45) is 0 Å². The lowest BCUT2D eigenvalue weighted by molar-refractivity contribution is 0.0600. The van der Waals surface area contributed by atoms with Crippen molar-refractivity contribution in [1.29, 1.82) is 0 Å². The van der Waals surface area contributed by atoms with Crippen LogP contribution in [0.25, 0.3) is 0 Å². The Hall–Kier alpha value is -2.21. The lowest BCUT2D eigenvalue weighted by Crippen LogP contribution is -2.20. The summed E-state index contributed by atoms with van der Waals surface area (Å²) in [6.07, 6.45) is 4.42. The van der Waals surface area contributed by atoms with Crippen LogP contribution in [0.3, 0.4) is 0 Å². The van der Waals surface area contributed by atoms with Crippen LogP contribution in [-0.2, 0) is 15.9 Å². The molecule has 0 saturated carbocycles. The molecule has 2 aromatic rings. The summed E-state index contributed by atoms with van der Waals surface area (Å²) in [4.78, 5) is 15.8. The van der Waals surface area contributed by atoms with Gasteiger partial charge >= 0.3 is 5.97 Å². The van der Waals surface area contributed by atoms with E-state index in [1.807, 2.05) is 16.8 Å². The number of rotatable bonds is 4. The number of methoxy groups -OCH3 is 1.